The maximum Gasteiger partial charge on any atom is 0.191 e. The summed E-state index contributed by atoms with van der Waals surface area (Å²) in [4.78, 5) is 11.5. The normalized spacial score (nSPS) is 16.8. The quantitative estimate of drug-likeness (QED) is 0.451. The first-order chi connectivity index (χ1) is 12.7. The van der Waals surface area contributed by atoms with Crippen LogP contribution >= 0.6 is 34.7 Å². The summed E-state index contributed by atoms with van der Waals surface area (Å²) in [7, 11) is 0. The highest BCUT2D eigenvalue weighted by Gasteiger charge is 2.25. The van der Waals surface area contributed by atoms with E-state index in [-0.39, 0.29) is 6.10 Å². The van der Waals surface area contributed by atoms with Crippen molar-refractivity contribution in [3.63, 3.8) is 0 Å². The number of anilines is 1. The van der Waals surface area contributed by atoms with Crippen molar-refractivity contribution in [1.29, 1.82) is 0 Å². The number of nitrogens with two attached hydrogens (primary N) is 1. The van der Waals surface area contributed by atoms with Gasteiger partial charge in [0.25, 0.3) is 0 Å². The third-order valence-corrected chi connectivity index (χ3v) is 6.91. The van der Waals surface area contributed by atoms with Gasteiger partial charge in [-0.1, -0.05) is 54.9 Å². The second kappa shape index (κ2) is 7.72. The molecule has 1 aromatic carbocycles. The highest BCUT2D eigenvalue weighted by atomic mass is 35.5. The number of benzene rings is 1. The number of thioether (sulfide) groups is 1. The summed E-state index contributed by atoms with van der Waals surface area (Å²) in [5.41, 5.74) is 8.68. The smallest absolute Gasteiger partial charge is 0.191 e. The Labute approximate surface area is 166 Å². The molecule has 0 amide bonds. The second-order valence-electron chi connectivity index (χ2n) is 6.38. The van der Waals surface area contributed by atoms with Gasteiger partial charge in [0.05, 0.1) is 18.1 Å². The van der Waals surface area contributed by atoms with Gasteiger partial charge in [-0.25, -0.2) is 9.97 Å². The minimum atomic E-state index is 0.277. The maximum atomic E-state index is 6.32. The van der Waals surface area contributed by atoms with Crippen LogP contribution in [-0.2, 0) is 23.5 Å². The molecule has 1 atom stereocenters. The molecule has 0 fully saturated rings. The third kappa shape index (κ3) is 3.56. The van der Waals surface area contributed by atoms with E-state index in [0.29, 0.717) is 17.6 Å². The van der Waals surface area contributed by atoms with E-state index in [9.17, 15) is 0 Å². The SMILES string of the molecule is CCCC1Cc2c(sc3nc(SCc4ccccc4Cl)nc(N)c23)CO1. The monoisotopic (exact) mass is 405 g/mol. The number of fused-ring (bicyclic) bond motifs is 3. The lowest BCUT2D eigenvalue weighted by Crippen LogP contribution is -2.21. The van der Waals surface area contributed by atoms with Crippen LogP contribution in [0.25, 0.3) is 10.2 Å². The summed E-state index contributed by atoms with van der Waals surface area (Å²) in [6.45, 7) is 2.84. The highest BCUT2D eigenvalue weighted by molar-refractivity contribution is 7.98. The van der Waals surface area contributed by atoms with Gasteiger partial charge in [-0.15, -0.1) is 11.3 Å². The lowest BCUT2D eigenvalue weighted by atomic mass is 10.0. The van der Waals surface area contributed by atoms with Gasteiger partial charge < -0.3 is 10.5 Å². The molecular formula is C19H20ClN3OS2. The van der Waals surface area contributed by atoms with Gasteiger partial charge in [0, 0.05) is 22.1 Å². The summed E-state index contributed by atoms with van der Waals surface area (Å²) in [5.74, 6) is 1.29. The standard InChI is InChI=1S/C19H20ClN3OS2/c1-2-5-12-8-13-15(9-24-12)26-18-16(13)17(21)22-19(23-18)25-10-11-6-3-4-7-14(11)20/h3-4,6-7,12H,2,5,8-10H2,1H3,(H2,21,22,23). The molecule has 1 unspecified atom stereocenters. The molecule has 1 aliphatic heterocycles. The second-order valence-corrected chi connectivity index (χ2v) is 8.81. The van der Waals surface area contributed by atoms with E-state index >= 15 is 0 Å². The van der Waals surface area contributed by atoms with Crippen molar-refractivity contribution in [3.8, 4) is 0 Å². The van der Waals surface area contributed by atoms with E-state index in [1.807, 2.05) is 24.3 Å². The Kier molecular flexibility index (Phi) is 5.36. The number of rotatable bonds is 5. The zero-order valence-corrected chi connectivity index (χ0v) is 16.9. The molecule has 0 radical (unpaired) electrons. The average molecular weight is 406 g/mol. The van der Waals surface area contributed by atoms with Gasteiger partial charge in [-0.3, -0.25) is 0 Å². The number of hydrogen-bond acceptors (Lipinski definition) is 6. The molecule has 0 aliphatic carbocycles. The van der Waals surface area contributed by atoms with Crippen molar-refractivity contribution in [2.24, 2.45) is 0 Å². The van der Waals surface area contributed by atoms with Crippen LogP contribution in [0.15, 0.2) is 29.4 Å². The zero-order chi connectivity index (χ0) is 18.1. The molecule has 4 rings (SSSR count). The van der Waals surface area contributed by atoms with Crippen LogP contribution in [0.3, 0.4) is 0 Å². The van der Waals surface area contributed by atoms with E-state index in [1.165, 1.54) is 10.4 Å². The fraction of sp³-hybridized carbons (Fsp3) is 0.368. The molecule has 7 heteroatoms. The summed E-state index contributed by atoms with van der Waals surface area (Å²) in [5, 5.41) is 2.48. The molecule has 3 heterocycles. The minimum Gasteiger partial charge on any atom is -0.383 e. The molecule has 0 saturated carbocycles. The molecule has 0 spiro atoms. The highest BCUT2D eigenvalue weighted by Crippen LogP contribution is 2.39. The third-order valence-electron chi connectivity index (χ3n) is 4.55. The Morgan fingerprint density at radius 2 is 2.19 bits per heavy atom. The minimum absolute atomic E-state index is 0.277. The fourth-order valence-electron chi connectivity index (χ4n) is 3.25. The average Bonchev–Trinajstić information content (AvgIpc) is 2.99. The lowest BCUT2D eigenvalue weighted by Gasteiger charge is -2.22. The number of aromatic nitrogens is 2. The van der Waals surface area contributed by atoms with E-state index < -0.39 is 0 Å². The summed E-state index contributed by atoms with van der Waals surface area (Å²) in [6, 6.07) is 7.84. The Morgan fingerprint density at radius 1 is 1.35 bits per heavy atom. The number of hydrogen-bond donors (Lipinski definition) is 1. The number of nitrogen functional groups attached to an aromatic ring is 1. The van der Waals surface area contributed by atoms with E-state index in [1.54, 1.807) is 23.1 Å². The van der Waals surface area contributed by atoms with E-state index in [2.05, 4.69) is 11.9 Å². The van der Waals surface area contributed by atoms with E-state index in [4.69, 9.17) is 27.1 Å². The summed E-state index contributed by atoms with van der Waals surface area (Å²) < 4.78 is 5.96. The van der Waals surface area contributed by atoms with Gasteiger partial charge in [-0.2, -0.15) is 0 Å². The fourth-order valence-corrected chi connectivity index (χ4v) is 5.58. The molecule has 0 saturated heterocycles. The molecule has 1 aliphatic rings. The van der Waals surface area contributed by atoms with Crippen molar-refractivity contribution >= 4 is 50.7 Å². The summed E-state index contributed by atoms with van der Waals surface area (Å²) >= 11 is 9.47. The van der Waals surface area contributed by atoms with Crippen LogP contribution in [0, 0.1) is 0 Å². The van der Waals surface area contributed by atoms with Crippen molar-refractivity contribution in [1.82, 2.24) is 9.97 Å². The van der Waals surface area contributed by atoms with Crippen LogP contribution in [0.1, 0.15) is 35.8 Å². The molecule has 2 N–H and O–H groups in total. The van der Waals surface area contributed by atoms with Gasteiger partial charge >= 0.3 is 0 Å². The van der Waals surface area contributed by atoms with Crippen molar-refractivity contribution in [3.05, 3.63) is 45.3 Å². The van der Waals surface area contributed by atoms with E-state index in [0.717, 1.165) is 45.8 Å². The largest absolute Gasteiger partial charge is 0.383 e. The van der Waals surface area contributed by atoms with Crippen molar-refractivity contribution < 1.29 is 4.74 Å². The Morgan fingerprint density at radius 3 is 3.00 bits per heavy atom. The topological polar surface area (TPSA) is 61.0 Å². The van der Waals surface area contributed by atoms with Gasteiger partial charge in [0.15, 0.2) is 5.16 Å². The maximum absolute atomic E-state index is 6.32. The molecule has 26 heavy (non-hydrogen) atoms. The first kappa shape index (κ1) is 18.0. The predicted octanol–water partition coefficient (Wildman–Crippen LogP) is 5.46. The number of halogens is 1. The molecular weight excluding hydrogens is 386 g/mol. The first-order valence-corrected chi connectivity index (χ1v) is 10.9. The lowest BCUT2D eigenvalue weighted by molar-refractivity contribution is 0.0254. The van der Waals surface area contributed by atoms with Crippen LogP contribution in [-0.4, -0.2) is 16.1 Å². The Bertz CT molecular complexity index is 944. The zero-order valence-electron chi connectivity index (χ0n) is 14.5. The Hall–Kier alpha value is -1.34. The first-order valence-electron chi connectivity index (χ1n) is 8.71. The van der Waals surface area contributed by atoms with Crippen LogP contribution in [0.4, 0.5) is 5.82 Å². The molecule has 2 aromatic heterocycles. The van der Waals surface area contributed by atoms with Crippen molar-refractivity contribution in [2.75, 3.05) is 5.73 Å². The number of nitrogens with zero attached hydrogens (tertiary/aromatic N) is 2. The van der Waals surface area contributed by atoms with Crippen LogP contribution < -0.4 is 5.73 Å². The number of thiophene rings is 1. The van der Waals surface area contributed by atoms with Gasteiger partial charge in [0.1, 0.15) is 10.6 Å². The van der Waals surface area contributed by atoms with Gasteiger partial charge in [0.2, 0.25) is 0 Å². The van der Waals surface area contributed by atoms with Gasteiger partial charge in [-0.05, 0) is 23.6 Å². The molecule has 136 valence electrons. The summed E-state index contributed by atoms with van der Waals surface area (Å²) in [6.07, 6.45) is 3.38. The molecule has 3 aromatic rings. The van der Waals surface area contributed by atoms with Crippen molar-refractivity contribution in [2.45, 2.75) is 49.8 Å². The molecule has 4 nitrogen and oxygen atoms in total. The molecule has 0 bridgehead atoms. The van der Waals surface area contributed by atoms with Crippen LogP contribution in [0.2, 0.25) is 5.02 Å². The predicted molar refractivity (Wildman–Crippen MR) is 110 cm³/mol. The number of ether oxygens (including phenoxy) is 1. The Balaban J connectivity index is 1.61. The van der Waals surface area contributed by atoms with Crippen LogP contribution in [0.5, 0.6) is 0 Å².